The molecule has 1 aromatic heterocycles. The molecule has 0 spiro atoms. The zero-order valence-corrected chi connectivity index (χ0v) is 19.4. The van der Waals surface area contributed by atoms with Crippen molar-refractivity contribution >= 4 is 16.7 Å². The number of hydrogen-bond donors (Lipinski definition) is 2. The SMILES string of the molecule is COCC(=O)N1CCN(Cc2ccc3cc(Oc4ncc(C5CCNN5)cn4)ccc3c2)CC1. The molecule has 1 atom stereocenters. The van der Waals surface area contributed by atoms with Gasteiger partial charge < -0.3 is 14.4 Å². The molecule has 2 aliphatic rings. The van der Waals surface area contributed by atoms with Gasteiger partial charge in [-0.15, -0.1) is 0 Å². The van der Waals surface area contributed by atoms with Crippen LogP contribution >= 0.6 is 0 Å². The number of carbonyl (C=O) groups excluding carboxylic acids is 1. The summed E-state index contributed by atoms with van der Waals surface area (Å²) in [7, 11) is 1.56. The van der Waals surface area contributed by atoms with E-state index in [1.54, 1.807) is 7.11 Å². The lowest BCUT2D eigenvalue weighted by Crippen LogP contribution is -2.49. The van der Waals surface area contributed by atoms with E-state index in [1.807, 2.05) is 29.4 Å². The van der Waals surface area contributed by atoms with Gasteiger partial charge in [0.1, 0.15) is 12.4 Å². The van der Waals surface area contributed by atoms with Gasteiger partial charge in [0.15, 0.2) is 0 Å². The number of ether oxygens (including phenoxy) is 2. The number of amides is 1. The van der Waals surface area contributed by atoms with Gasteiger partial charge in [-0.2, -0.15) is 0 Å². The van der Waals surface area contributed by atoms with Crippen molar-refractivity contribution in [1.82, 2.24) is 30.6 Å². The van der Waals surface area contributed by atoms with Crippen molar-refractivity contribution in [2.45, 2.75) is 19.0 Å². The maximum absolute atomic E-state index is 12.0. The van der Waals surface area contributed by atoms with Crippen molar-refractivity contribution in [2.24, 2.45) is 0 Å². The highest BCUT2D eigenvalue weighted by Gasteiger charge is 2.21. The first-order valence-corrected chi connectivity index (χ1v) is 11.7. The van der Waals surface area contributed by atoms with Gasteiger partial charge in [-0.1, -0.05) is 18.2 Å². The van der Waals surface area contributed by atoms with Crippen LogP contribution in [0.1, 0.15) is 23.6 Å². The Balaban J connectivity index is 1.19. The largest absolute Gasteiger partial charge is 0.424 e. The number of fused-ring (bicyclic) bond motifs is 1. The summed E-state index contributed by atoms with van der Waals surface area (Å²) >= 11 is 0. The molecule has 2 fully saturated rings. The first-order valence-electron chi connectivity index (χ1n) is 11.7. The van der Waals surface area contributed by atoms with Gasteiger partial charge in [0.05, 0.1) is 6.04 Å². The third-order valence-corrected chi connectivity index (χ3v) is 6.37. The van der Waals surface area contributed by atoms with Crippen LogP contribution in [0.4, 0.5) is 0 Å². The van der Waals surface area contributed by atoms with Gasteiger partial charge in [-0.25, -0.2) is 9.97 Å². The number of hydrogen-bond acceptors (Lipinski definition) is 8. The van der Waals surface area contributed by atoms with E-state index in [2.05, 4.69) is 50.0 Å². The number of nitrogens with one attached hydrogen (secondary N) is 2. The van der Waals surface area contributed by atoms with Gasteiger partial charge in [0.2, 0.25) is 5.91 Å². The number of piperazine rings is 1. The number of carbonyl (C=O) groups is 1. The van der Waals surface area contributed by atoms with Crippen molar-refractivity contribution in [3.63, 3.8) is 0 Å². The number of aromatic nitrogens is 2. The van der Waals surface area contributed by atoms with Crippen LogP contribution in [0.25, 0.3) is 10.8 Å². The van der Waals surface area contributed by atoms with E-state index in [9.17, 15) is 4.79 Å². The second-order valence-corrected chi connectivity index (χ2v) is 8.75. The number of methoxy groups -OCH3 is 1. The second kappa shape index (κ2) is 10.4. The predicted octanol–water partition coefficient (Wildman–Crippen LogP) is 2.25. The topological polar surface area (TPSA) is 91.9 Å². The van der Waals surface area contributed by atoms with E-state index in [1.165, 1.54) is 5.56 Å². The normalized spacial score (nSPS) is 19.0. The highest BCUT2D eigenvalue weighted by atomic mass is 16.5. The molecule has 2 saturated heterocycles. The summed E-state index contributed by atoms with van der Waals surface area (Å²) in [4.78, 5) is 25.0. The van der Waals surface area contributed by atoms with Crippen molar-refractivity contribution in [3.05, 3.63) is 59.9 Å². The fourth-order valence-electron chi connectivity index (χ4n) is 4.46. The summed E-state index contributed by atoms with van der Waals surface area (Å²) in [6.45, 7) is 5.18. The van der Waals surface area contributed by atoms with E-state index in [0.717, 1.165) is 62.0 Å². The zero-order chi connectivity index (χ0) is 23.3. The van der Waals surface area contributed by atoms with Crippen molar-refractivity contribution in [3.8, 4) is 11.8 Å². The van der Waals surface area contributed by atoms with E-state index < -0.39 is 0 Å². The fraction of sp³-hybridized carbons (Fsp3) is 0.400. The van der Waals surface area contributed by atoms with Crippen LogP contribution in [0, 0.1) is 0 Å². The van der Waals surface area contributed by atoms with Crippen molar-refractivity contribution in [1.29, 1.82) is 0 Å². The highest BCUT2D eigenvalue weighted by Crippen LogP contribution is 2.26. The van der Waals surface area contributed by atoms with Gasteiger partial charge in [-0.3, -0.25) is 20.5 Å². The van der Waals surface area contributed by atoms with E-state index in [0.29, 0.717) is 11.8 Å². The van der Waals surface area contributed by atoms with Crippen molar-refractivity contribution < 1.29 is 14.3 Å². The third-order valence-electron chi connectivity index (χ3n) is 6.37. The first kappa shape index (κ1) is 22.7. The van der Waals surface area contributed by atoms with Crippen LogP contribution in [0.2, 0.25) is 0 Å². The molecule has 9 nitrogen and oxygen atoms in total. The lowest BCUT2D eigenvalue weighted by Gasteiger charge is -2.34. The molecule has 3 heterocycles. The Hall–Kier alpha value is -3.11. The minimum absolute atomic E-state index is 0.0651. The molecule has 34 heavy (non-hydrogen) atoms. The second-order valence-electron chi connectivity index (χ2n) is 8.75. The lowest BCUT2D eigenvalue weighted by atomic mass is 10.1. The van der Waals surface area contributed by atoms with E-state index in [4.69, 9.17) is 9.47 Å². The minimum atomic E-state index is 0.0651. The van der Waals surface area contributed by atoms with Gasteiger partial charge in [0.25, 0.3) is 0 Å². The Labute approximate surface area is 199 Å². The summed E-state index contributed by atoms with van der Waals surface area (Å²) in [6.07, 6.45) is 4.64. The molecule has 0 saturated carbocycles. The van der Waals surface area contributed by atoms with E-state index >= 15 is 0 Å². The molecule has 3 aromatic rings. The fourth-order valence-corrected chi connectivity index (χ4v) is 4.46. The molecule has 0 aliphatic carbocycles. The van der Waals surface area contributed by atoms with Crippen LogP contribution < -0.4 is 15.6 Å². The standard InChI is InChI=1S/C25H30N6O3/c1-33-17-24(32)31-10-8-30(9-11-31)16-18-2-3-20-13-22(5-4-19(20)12-18)34-25-26-14-21(15-27-25)23-6-7-28-29-23/h2-5,12-15,23,28-29H,6-11,16-17H2,1H3. The summed E-state index contributed by atoms with van der Waals surface area (Å²) < 4.78 is 10.9. The van der Waals surface area contributed by atoms with Gasteiger partial charge in [-0.05, 0) is 41.0 Å². The summed E-state index contributed by atoms with van der Waals surface area (Å²) in [5.74, 6) is 0.779. The van der Waals surface area contributed by atoms with Crippen LogP contribution in [0.5, 0.6) is 11.8 Å². The summed E-state index contributed by atoms with van der Waals surface area (Å²) in [5.41, 5.74) is 8.63. The number of benzene rings is 2. The molecule has 0 radical (unpaired) electrons. The highest BCUT2D eigenvalue weighted by molar-refractivity contribution is 5.84. The van der Waals surface area contributed by atoms with E-state index in [-0.39, 0.29) is 18.6 Å². The Morgan fingerprint density at radius 2 is 1.82 bits per heavy atom. The molecule has 2 N–H and O–H groups in total. The molecule has 2 aliphatic heterocycles. The molecule has 178 valence electrons. The monoisotopic (exact) mass is 462 g/mol. The molecule has 9 heteroatoms. The average molecular weight is 463 g/mol. The first-order chi connectivity index (χ1) is 16.7. The van der Waals surface area contributed by atoms with Crippen LogP contribution in [0.15, 0.2) is 48.8 Å². The minimum Gasteiger partial charge on any atom is -0.424 e. The smallest absolute Gasteiger partial charge is 0.321 e. The molecular formula is C25H30N6O3. The molecule has 5 rings (SSSR count). The van der Waals surface area contributed by atoms with Gasteiger partial charge in [0, 0.05) is 64.3 Å². The van der Waals surface area contributed by atoms with Crippen LogP contribution in [-0.4, -0.2) is 72.1 Å². The predicted molar refractivity (Wildman–Crippen MR) is 128 cm³/mol. The summed E-state index contributed by atoms with van der Waals surface area (Å²) in [5, 5.41) is 2.27. The maximum Gasteiger partial charge on any atom is 0.321 e. The summed E-state index contributed by atoms with van der Waals surface area (Å²) in [6, 6.07) is 13.1. The number of rotatable bonds is 7. The quantitative estimate of drug-likeness (QED) is 0.553. The Kier molecular flexibility index (Phi) is 6.96. The Morgan fingerprint density at radius 3 is 2.56 bits per heavy atom. The third kappa shape index (κ3) is 5.34. The maximum atomic E-state index is 12.0. The average Bonchev–Trinajstić information content (AvgIpc) is 3.40. The van der Waals surface area contributed by atoms with Crippen LogP contribution in [-0.2, 0) is 16.1 Å². The molecule has 1 unspecified atom stereocenters. The Morgan fingerprint density at radius 1 is 1.06 bits per heavy atom. The molecule has 2 aromatic carbocycles. The van der Waals surface area contributed by atoms with Crippen LogP contribution in [0.3, 0.4) is 0 Å². The zero-order valence-electron chi connectivity index (χ0n) is 19.4. The number of nitrogens with zero attached hydrogens (tertiary/aromatic N) is 4. The number of hydrazine groups is 1. The van der Waals surface area contributed by atoms with Crippen molar-refractivity contribution in [2.75, 3.05) is 46.4 Å². The molecule has 0 bridgehead atoms. The molecule has 1 amide bonds. The van der Waals surface area contributed by atoms with Gasteiger partial charge >= 0.3 is 6.01 Å². The lowest BCUT2D eigenvalue weighted by molar-refractivity contribution is -0.136. The molecular weight excluding hydrogens is 432 g/mol. The Bertz CT molecular complexity index is 1130.